The molecule has 2 saturated heterocycles. The molecular formula is C17H23ClN2O2. The molecule has 1 amide bonds. The Hall–Kier alpha value is -1.10. The van der Waals surface area contributed by atoms with E-state index in [1.165, 1.54) is 0 Å². The van der Waals surface area contributed by atoms with Crippen molar-refractivity contribution in [3.05, 3.63) is 34.9 Å². The van der Waals surface area contributed by atoms with E-state index in [-0.39, 0.29) is 11.5 Å². The van der Waals surface area contributed by atoms with Gasteiger partial charge in [-0.25, -0.2) is 0 Å². The number of ether oxygens (including phenoxy) is 1. The molecule has 0 unspecified atom stereocenters. The Kier molecular flexibility index (Phi) is 4.44. The minimum absolute atomic E-state index is 0.0277. The van der Waals surface area contributed by atoms with Gasteiger partial charge in [-0.2, -0.15) is 0 Å². The maximum Gasteiger partial charge on any atom is 0.253 e. The summed E-state index contributed by atoms with van der Waals surface area (Å²) < 4.78 is 6.11. The SMILES string of the molecule is CN(C)[C@@H]1COC2(CCN(C(=O)c3cccc(Cl)c3)CC2)C1. The average Bonchev–Trinajstić information content (AvgIpc) is 2.92. The zero-order valence-electron chi connectivity index (χ0n) is 13.2. The van der Waals surface area contributed by atoms with Crippen molar-refractivity contribution in [1.82, 2.24) is 9.80 Å². The van der Waals surface area contributed by atoms with Gasteiger partial charge >= 0.3 is 0 Å². The van der Waals surface area contributed by atoms with Crippen LogP contribution in [0.1, 0.15) is 29.6 Å². The van der Waals surface area contributed by atoms with E-state index in [1.54, 1.807) is 12.1 Å². The van der Waals surface area contributed by atoms with E-state index in [0.717, 1.165) is 39.0 Å². The van der Waals surface area contributed by atoms with Crippen LogP contribution in [-0.2, 0) is 4.74 Å². The predicted molar refractivity (Wildman–Crippen MR) is 87.4 cm³/mol. The number of amides is 1. The normalized spacial score (nSPS) is 24.2. The third kappa shape index (κ3) is 3.14. The zero-order chi connectivity index (χ0) is 15.7. The molecule has 1 aromatic rings. The molecule has 3 rings (SSSR count). The number of halogens is 1. The Morgan fingerprint density at radius 2 is 2.09 bits per heavy atom. The number of likely N-dealkylation sites (N-methyl/N-ethyl adjacent to an activating group) is 1. The third-order valence-electron chi connectivity index (χ3n) is 4.95. The minimum atomic E-state index is -0.0277. The quantitative estimate of drug-likeness (QED) is 0.839. The lowest BCUT2D eigenvalue weighted by Crippen LogP contribution is -2.46. The summed E-state index contributed by atoms with van der Waals surface area (Å²) >= 11 is 5.98. The second-order valence-electron chi connectivity index (χ2n) is 6.62. The maximum absolute atomic E-state index is 12.5. The first-order chi connectivity index (χ1) is 10.5. The number of hydrogen-bond donors (Lipinski definition) is 0. The van der Waals surface area contributed by atoms with E-state index in [4.69, 9.17) is 16.3 Å². The molecule has 0 aliphatic carbocycles. The molecule has 0 N–H and O–H groups in total. The lowest BCUT2D eigenvalue weighted by Gasteiger charge is -2.39. The Morgan fingerprint density at radius 3 is 2.68 bits per heavy atom. The van der Waals surface area contributed by atoms with Gasteiger partial charge in [0.2, 0.25) is 0 Å². The second kappa shape index (κ2) is 6.19. The first kappa shape index (κ1) is 15.8. The van der Waals surface area contributed by atoms with Crippen molar-refractivity contribution in [3.63, 3.8) is 0 Å². The van der Waals surface area contributed by atoms with Crippen molar-refractivity contribution in [2.24, 2.45) is 0 Å². The smallest absolute Gasteiger partial charge is 0.253 e. The molecule has 5 heteroatoms. The Balaban J connectivity index is 1.61. The third-order valence-corrected chi connectivity index (χ3v) is 5.19. The van der Waals surface area contributed by atoms with E-state index in [1.807, 2.05) is 17.0 Å². The molecule has 1 spiro atoms. The van der Waals surface area contributed by atoms with Crippen LogP contribution in [0.5, 0.6) is 0 Å². The summed E-state index contributed by atoms with van der Waals surface area (Å²) in [7, 11) is 4.20. The first-order valence-corrected chi connectivity index (χ1v) is 8.22. The molecule has 1 atom stereocenters. The van der Waals surface area contributed by atoms with Crippen molar-refractivity contribution in [1.29, 1.82) is 0 Å². The summed E-state index contributed by atoms with van der Waals surface area (Å²) in [5.74, 6) is 0.0690. The fraction of sp³-hybridized carbons (Fsp3) is 0.588. The summed E-state index contributed by atoms with van der Waals surface area (Å²) in [5, 5.41) is 0.604. The van der Waals surface area contributed by atoms with Crippen molar-refractivity contribution in [2.45, 2.75) is 30.9 Å². The van der Waals surface area contributed by atoms with Crippen molar-refractivity contribution in [2.75, 3.05) is 33.8 Å². The van der Waals surface area contributed by atoms with E-state index < -0.39 is 0 Å². The van der Waals surface area contributed by atoms with Crippen molar-refractivity contribution >= 4 is 17.5 Å². The molecule has 2 fully saturated rings. The number of hydrogen-bond acceptors (Lipinski definition) is 3. The van der Waals surface area contributed by atoms with Crippen LogP contribution in [-0.4, -0.2) is 61.1 Å². The highest BCUT2D eigenvalue weighted by atomic mass is 35.5. The lowest BCUT2D eigenvalue weighted by atomic mass is 9.87. The molecule has 120 valence electrons. The van der Waals surface area contributed by atoms with Gasteiger partial charge in [0, 0.05) is 29.7 Å². The van der Waals surface area contributed by atoms with Crippen molar-refractivity contribution in [3.8, 4) is 0 Å². The fourth-order valence-electron chi connectivity index (χ4n) is 3.42. The van der Waals surface area contributed by atoms with E-state index in [0.29, 0.717) is 16.6 Å². The van der Waals surface area contributed by atoms with Crippen LogP contribution in [0.2, 0.25) is 5.02 Å². The van der Waals surface area contributed by atoms with Crippen LogP contribution in [0.4, 0.5) is 0 Å². The standard InChI is InChI=1S/C17H23ClN2O2/c1-19(2)15-11-17(22-12-15)6-8-20(9-7-17)16(21)13-4-3-5-14(18)10-13/h3-5,10,15H,6-9,11-12H2,1-2H3/t15-/m0/s1. The molecule has 22 heavy (non-hydrogen) atoms. The molecular weight excluding hydrogens is 300 g/mol. The fourth-order valence-corrected chi connectivity index (χ4v) is 3.61. The second-order valence-corrected chi connectivity index (χ2v) is 7.05. The predicted octanol–water partition coefficient (Wildman–Crippen LogP) is 2.67. The summed E-state index contributed by atoms with van der Waals surface area (Å²) in [6.45, 7) is 2.31. The van der Waals surface area contributed by atoms with Gasteiger partial charge in [-0.05, 0) is 51.6 Å². The van der Waals surface area contributed by atoms with E-state index in [2.05, 4.69) is 19.0 Å². The number of carbonyl (C=O) groups excluding carboxylic acids is 1. The molecule has 2 aliphatic rings. The minimum Gasteiger partial charge on any atom is -0.373 e. The van der Waals surface area contributed by atoms with Crippen LogP contribution in [0.3, 0.4) is 0 Å². The Morgan fingerprint density at radius 1 is 1.36 bits per heavy atom. The maximum atomic E-state index is 12.5. The van der Waals surface area contributed by atoms with Gasteiger partial charge in [0.15, 0.2) is 0 Å². The van der Waals surface area contributed by atoms with Crippen molar-refractivity contribution < 1.29 is 9.53 Å². The molecule has 0 radical (unpaired) electrons. The monoisotopic (exact) mass is 322 g/mol. The molecule has 0 saturated carbocycles. The van der Waals surface area contributed by atoms with E-state index in [9.17, 15) is 4.79 Å². The van der Waals surface area contributed by atoms with Gasteiger partial charge < -0.3 is 14.5 Å². The molecule has 2 heterocycles. The number of rotatable bonds is 2. The van der Waals surface area contributed by atoms with E-state index >= 15 is 0 Å². The van der Waals surface area contributed by atoms with Crippen LogP contribution in [0.15, 0.2) is 24.3 Å². The van der Waals surface area contributed by atoms with Crippen LogP contribution >= 0.6 is 11.6 Å². The zero-order valence-corrected chi connectivity index (χ0v) is 14.0. The highest BCUT2D eigenvalue weighted by Gasteiger charge is 2.43. The molecule has 1 aromatic carbocycles. The lowest BCUT2D eigenvalue weighted by molar-refractivity contribution is -0.0392. The summed E-state index contributed by atoms with van der Waals surface area (Å²) in [6.07, 6.45) is 2.91. The summed E-state index contributed by atoms with van der Waals surface area (Å²) in [6, 6.07) is 7.67. The molecule has 0 aromatic heterocycles. The summed E-state index contributed by atoms with van der Waals surface area (Å²) in [5.41, 5.74) is 0.641. The van der Waals surface area contributed by atoms with Gasteiger partial charge in [0.05, 0.1) is 12.2 Å². The Bertz CT molecular complexity index is 553. The topological polar surface area (TPSA) is 32.8 Å². The number of piperidine rings is 1. The average molecular weight is 323 g/mol. The highest BCUT2D eigenvalue weighted by molar-refractivity contribution is 6.30. The van der Waals surface area contributed by atoms with Gasteiger partial charge in [-0.15, -0.1) is 0 Å². The molecule has 4 nitrogen and oxygen atoms in total. The van der Waals surface area contributed by atoms with Crippen LogP contribution in [0, 0.1) is 0 Å². The van der Waals surface area contributed by atoms with Crippen LogP contribution < -0.4 is 0 Å². The highest BCUT2D eigenvalue weighted by Crippen LogP contribution is 2.37. The number of carbonyl (C=O) groups is 1. The first-order valence-electron chi connectivity index (χ1n) is 7.84. The number of nitrogens with zero attached hydrogens (tertiary/aromatic N) is 2. The van der Waals surface area contributed by atoms with Gasteiger partial charge in [0.25, 0.3) is 5.91 Å². The molecule has 2 aliphatic heterocycles. The summed E-state index contributed by atoms with van der Waals surface area (Å²) in [4.78, 5) is 16.7. The number of benzene rings is 1. The largest absolute Gasteiger partial charge is 0.373 e. The van der Waals surface area contributed by atoms with Gasteiger partial charge in [0.1, 0.15) is 0 Å². The van der Waals surface area contributed by atoms with Crippen LogP contribution in [0.25, 0.3) is 0 Å². The molecule has 0 bridgehead atoms. The Labute approximate surface area is 137 Å². The van der Waals surface area contributed by atoms with Gasteiger partial charge in [-0.1, -0.05) is 17.7 Å². The number of likely N-dealkylation sites (tertiary alicyclic amines) is 1. The van der Waals surface area contributed by atoms with Gasteiger partial charge in [-0.3, -0.25) is 4.79 Å².